The van der Waals surface area contributed by atoms with Gasteiger partial charge in [0.15, 0.2) is 0 Å². The van der Waals surface area contributed by atoms with Crippen molar-refractivity contribution in [1.82, 2.24) is 15.0 Å². The second kappa shape index (κ2) is 6.19. The minimum Gasteiger partial charge on any atom is -0.388 e. The van der Waals surface area contributed by atoms with Gasteiger partial charge in [0.05, 0.1) is 12.2 Å². The lowest BCUT2D eigenvalue weighted by molar-refractivity contribution is 0.950. The summed E-state index contributed by atoms with van der Waals surface area (Å²) in [5, 5.41) is 3.13. The number of thiocarbonyl (C=S) groups is 1. The van der Waals surface area contributed by atoms with Gasteiger partial charge < -0.3 is 11.1 Å². The fraction of sp³-hybridized carbons (Fsp3) is 0.231. The quantitative estimate of drug-likeness (QED) is 0.807. The van der Waals surface area contributed by atoms with Crippen LogP contribution in [0.1, 0.15) is 23.9 Å². The number of aryl methyl sites for hydroxylation is 1. The third-order valence-corrected chi connectivity index (χ3v) is 2.90. The zero-order valence-electron chi connectivity index (χ0n) is 10.6. The molecule has 0 unspecified atom stereocenters. The van der Waals surface area contributed by atoms with Crippen LogP contribution in [-0.4, -0.2) is 19.9 Å². The van der Waals surface area contributed by atoms with Crippen molar-refractivity contribution in [3.8, 4) is 0 Å². The monoisotopic (exact) mass is 273 g/mol. The molecule has 0 saturated carbocycles. The van der Waals surface area contributed by atoms with Crippen LogP contribution in [0.5, 0.6) is 0 Å². The average Bonchev–Trinajstić information content (AvgIpc) is 2.45. The molecule has 2 aromatic heterocycles. The maximum atomic E-state index is 5.54. The number of hydrogen-bond donors (Lipinski definition) is 2. The molecule has 2 rings (SSSR count). The molecule has 3 N–H and O–H groups in total. The number of rotatable bonds is 5. The molecule has 0 aliphatic heterocycles. The molecule has 0 atom stereocenters. The maximum Gasteiger partial charge on any atom is 0.223 e. The van der Waals surface area contributed by atoms with Crippen molar-refractivity contribution < 1.29 is 0 Å². The molecule has 98 valence electrons. The van der Waals surface area contributed by atoms with Crippen molar-refractivity contribution in [2.45, 2.75) is 19.9 Å². The van der Waals surface area contributed by atoms with Crippen LogP contribution in [0.25, 0.3) is 0 Å². The first kappa shape index (κ1) is 13.4. The van der Waals surface area contributed by atoms with Crippen LogP contribution in [0, 0.1) is 0 Å². The van der Waals surface area contributed by atoms with E-state index >= 15 is 0 Å². The molecule has 2 heterocycles. The van der Waals surface area contributed by atoms with E-state index in [1.54, 1.807) is 18.5 Å². The van der Waals surface area contributed by atoms with Crippen molar-refractivity contribution in [2.24, 2.45) is 5.73 Å². The highest BCUT2D eigenvalue weighted by atomic mass is 32.1. The van der Waals surface area contributed by atoms with Gasteiger partial charge in [-0.25, -0.2) is 9.97 Å². The van der Waals surface area contributed by atoms with Gasteiger partial charge in [-0.2, -0.15) is 0 Å². The number of pyridine rings is 1. The fourth-order valence-electron chi connectivity index (χ4n) is 1.70. The third kappa shape index (κ3) is 3.45. The first-order valence-corrected chi connectivity index (χ1v) is 6.41. The summed E-state index contributed by atoms with van der Waals surface area (Å²) < 4.78 is 0. The predicted octanol–water partition coefficient (Wildman–Crippen LogP) is 1.68. The van der Waals surface area contributed by atoms with Crippen molar-refractivity contribution in [3.05, 3.63) is 47.5 Å². The predicted molar refractivity (Wildman–Crippen MR) is 78.9 cm³/mol. The Morgan fingerprint density at radius 1 is 1.32 bits per heavy atom. The number of nitrogens with zero attached hydrogens (tertiary/aromatic N) is 3. The van der Waals surface area contributed by atoms with E-state index in [4.69, 9.17) is 18.0 Å². The van der Waals surface area contributed by atoms with E-state index in [2.05, 4.69) is 33.3 Å². The van der Waals surface area contributed by atoms with Crippen LogP contribution in [0.2, 0.25) is 0 Å². The Labute approximate surface area is 117 Å². The molecule has 0 saturated heterocycles. The minimum atomic E-state index is 0.262. The summed E-state index contributed by atoms with van der Waals surface area (Å²) in [4.78, 5) is 13.0. The van der Waals surface area contributed by atoms with E-state index in [1.165, 1.54) is 5.56 Å². The summed E-state index contributed by atoms with van der Waals surface area (Å²) in [6.45, 7) is 2.68. The lowest BCUT2D eigenvalue weighted by atomic mass is 10.1. The highest BCUT2D eigenvalue weighted by Gasteiger charge is 2.04. The second-order valence-electron chi connectivity index (χ2n) is 3.95. The third-order valence-electron chi connectivity index (χ3n) is 2.69. The smallest absolute Gasteiger partial charge is 0.223 e. The lowest BCUT2D eigenvalue weighted by Crippen LogP contribution is -2.14. The Kier molecular flexibility index (Phi) is 4.35. The van der Waals surface area contributed by atoms with E-state index in [0.717, 1.165) is 12.1 Å². The van der Waals surface area contributed by atoms with Crippen LogP contribution in [0.15, 0.2) is 30.6 Å². The zero-order valence-corrected chi connectivity index (χ0v) is 11.4. The molecule has 0 radical (unpaired) electrons. The van der Waals surface area contributed by atoms with Crippen LogP contribution in [0.3, 0.4) is 0 Å². The summed E-state index contributed by atoms with van der Waals surface area (Å²) in [5.74, 6) is 0.498. The minimum absolute atomic E-state index is 0.262. The van der Waals surface area contributed by atoms with Gasteiger partial charge in [0.2, 0.25) is 5.95 Å². The number of nitrogens with one attached hydrogen (secondary N) is 1. The maximum absolute atomic E-state index is 5.54. The van der Waals surface area contributed by atoms with Gasteiger partial charge in [0.1, 0.15) is 10.7 Å². The Bertz CT molecular complexity index is 585. The molecule has 0 amide bonds. The van der Waals surface area contributed by atoms with Gasteiger partial charge in [-0.05, 0) is 24.1 Å². The molecule has 0 fully saturated rings. The zero-order chi connectivity index (χ0) is 13.7. The van der Waals surface area contributed by atoms with Crippen molar-refractivity contribution in [2.75, 3.05) is 5.32 Å². The topological polar surface area (TPSA) is 76.7 Å². The molecule has 6 heteroatoms. The summed E-state index contributed by atoms with van der Waals surface area (Å²) in [6, 6.07) is 5.69. The van der Waals surface area contributed by atoms with Gasteiger partial charge in [-0.15, -0.1) is 0 Å². The number of aromatic nitrogens is 3. The molecule has 0 aromatic carbocycles. The highest BCUT2D eigenvalue weighted by molar-refractivity contribution is 7.80. The Morgan fingerprint density at radius 2 is 2.16 bits per heavy atom. The van der Waals surface area contributed by atoms with Crippen molar-refractivity contribution in [1.29, 1.82) is 0 Å². The summed E-state index contributed by atoms with van der Waals surface area (Å²) in [5.41, 5.74) is 8.30. The summed E-state index contributed by atoms with van der Waals surface area (Å²) in [6.07, 6.45) is 4.35. The highest BCUT2D eigenvalue weighted by Crippen LogP contribution is 2.08. The van der Waals surface area contributed by atoms with E-state index in [-0.39, 0.29) is 4.99 Å². The molecule has 19 heavy (non-hydrogen) atoms. The number of nitrogens with two attached hydrogens (primary N) is 1. The molecular formula is C13H15N5S. The van der Waals surface area contributed by atoms with E-state index in [9.17, 15) is 0 Å². The Balaban J connectivity index is 2.10. The SMILES string of the molecule is CCc1cccnc1CNc1nccc(C(N)=S)n1. The van der Waals surface area contributed by atoms with Gasteiger partial charge in [0.25, 0.3) is 0 Å². The first-order valence-electron chi connectivity index (χ1n) is 6.00. The number of anilines is 1. The van der Waals surface area contributed by atoms with Crippen LogP contribution < -0.4 is 11.1 Å². The molecule has 0 aliphatic rings. The van der Waals surface area contributed by atoms with Gasteiger partial charge in [-0.1, -0.05) is 25.2 Å². The number of hydrogen-bond acceptors (Lipinski definition) is 5. The standard InChI is InChI=1S/C13H15N5S/c1-2-9-4-3-6-15-11(9)8-17-13-16-7-5-10(18-13)12(14)19/h3-7H,2,8H2,1H3,(H2,14,19)(H,16,17,18). The normalized spacial score (nSPS) is 10.2. The van der Waals surface area contributed by atoms with Crippen LogP contribution in [-0.2, 0) is 13.0 Å². The lowest BCUT2D eigenvalue weighted by Gasteiger charge is -2.08. The molecular weight excluding hydrogens is 258 g/mol. The van der Waals surface area contributed by atoms with Crippen molar-refractivity contribution >= 4 is 23.2 Å². The molecule has 0 aliphatic carbocycles. The van der Waals surface area contributed by atoms with Gasteiger partial charge >= 0.3 is 0 Å². The first-order chi connectivity index (χ1) is 9.20. The van der Waals surface area contributed by atoms with E-state index < -0.39 is 0 Å². The Morgan fingerprint density at radius 3 is 2.89 bits per heavy atom. The van der Waals surface area contributed by atoms with E-state index in [0.29, 0.717) is 18.2 Å². The van der Waals surface area contributed by atoms with E-state index in [1.807, 2.05) is 6.07 Å². The molecule has 0 bridgehead atoms. The van der Waals surface area contributed by atoms with Gasteiger partial charge in [-0.3, -0.25) is 4.98 Å². The van der Waals surface area contributed by atoms with Crippen molar-refractivity contribution in [3.63, 3.8) is 0 Å². The second-order valence-corrected chi connectivity index (χ2v) is 4.39. The summed E-state index contributed by atoms with van der Waals surface area (Å²) >= 11 is 4.89. The fourth-order valence-corrected chi connectivity index (χ4v) is 1.81. The Hall–Kier alpha value is -2.08. The molecule has 0 spiro atoms. The largest absolute Gasteiger partial charge is 0.388 e. The molecule has 5 nitrogen and oxygen atoms in total. The molecule has 2 aromatic rings. The average molecular weight is 273 g/mol. The summed E-state index contributed by atoms with van der Waals surface area (Å²) in [7, 11) is 0. The van der Waals surface area contributed by atoms with Gasteiger partial charge in [0, 0.05) is 12.4 Å². The van der Waals surface area contributed by atoms with Crippen LogP contribution >= 0.6 is 12.2 Å². The van der Waals surface area contributed by atoms with Crippen LogP contribution in [0.4, 0.5) is 5.95 Å².